The molecule has 0 bridgehead atoms. The lowest BCUT2D eigenvalue weighted by Crippen LogP contribution is -2.44. The van der Waals surface area contributed by atoms with Gasteiger partial charge in [0.2, 0.25) is 5.91 Å². The Morgan fingerprint density at radius 2 is 2.07 bits per heavy atom. The van der Waals surface area contributed by atoms with Crippen molar-refractivity contribution in [3.05, 3.63) is 29.8 Å². The molecule has 1 saturated carbocycles. The van der Waals surface area contributed by atoms with E-state index >= 15 is 0 Å². The number of halogens is 1. The molecule has 1 aliphatic heterocycles. The first-order chi connectivity index (χ1) is 12.6. The number of nitrogens with zero attached hydrogens (tertiary/aromatic N) is 2. The lowest BCUT2D eigenvalue weighted by molar-refractivity contribution is -0.115. The van der Waals surface area contributed by atoms with Gasteiger partial charge in [0, 0.05) is 31.4 Å². The molecule has 27 heavy (non-hydrogen) atoms. The van der Waals surface area contributed by atoms with Gasteiger partial charge in [0.15, 0.2) is 5.96 Å². The van der Waals surface area contributed by atoms with Crippen LogP contribution in [0.2, 0.25) is 0 Å². The number of guanidine groups is 1. The van der Waals surface area contributed by atoms with Crippen molar-refractivity contribution in [1.82, 2.24) is 10.2 Å². The van der Waals surface area contributed by atoms with Crippen LogP contribution in [-0.4, -0.2) is 43.4 Å². The van der Waals surface area contributed by atoms with Crippen LogP contribution in [0, 0.1) is 17.8 Å². The summed E-state index contributed by atoms with van der Waals surface area (Å²) >= 11 is 0. The van der Waals surface area contributed by atoms with Crippen LogP contribution in [0.25, 0.3) is 0 Å². The Balaban J connectivity index is 0.00000261. The zero-order valence-electron chi connectivity index (χ0n) is 16.0. The minimum absolute atomic E-state index is 0. The predicted octanol–water partition coefficient (Wildman–Crippen LogP) is 3.46. The van der Waals surface area contributed by atoms with Gasteiger partial charge in [-0.1, -0.05) is 31.2 Å². The van der Waals surface area contributed by atoms with Gasteiger partial charge in [-0.25, -0.2) is 0 Å². The van der Waals surface area contributed by atoms with E-state index in [2.05, 4.69) is 26.4 Å². The Morgan fingerprint density at radius 1 is 1.30 bits per heavy atom. The van der Waals surface area contributed by atoms with Crippen LogP contribution in [0.4, 0.5) is 5.69 Å². The number of benzene rings is 1. The fourth-order valence-corrected chi connectivity index (χ4v) is 4.21. The molecule has 2 fully saturated rings. The molecule has 1 aromatic carbocycles. The highest BCUT2D eigenvalue weighted by Crippen LogP contribution is 2.43. The van der Waals surface area contributed by atoms with E-state index in [1.54, 1.807) is 13.1 Å². The summed E-state index contributed by atoms with van der Waals surface area (Å²) in [5.74, 6) is 3.29. The van der Waals surface area contributed by atoms with E-state index < -0.39 is 0 Å². The molecule has 0 atom stereocenters. The van der Waals surface area contributed by atoms with Crippen molar-refractivity contribution < 1.29 is 4.79 Å². The molecule has 1 aromatic rings. The minimum Gasteiger partial charge on any atom is -0.347 e. The number of nitrogens with one attached hydrogen (secondary N) is 2. The SMILES string of the molecule is C#Cc1cccc(NC(=O)CNC(=NC)N2CCC3(CCCCC3)C2)c1.I. The monoisotopic (exact) mass is 480 g/mol. The van der Waals surface area contributed by atoms with Gasteiger partial charge >= 0.3 is 0 Å². The smallest absolute Gasteiger partial charge is 0.243 e. The van der Waals surface area contributed by atoms with Gasteiger partial charge in [-0.2, -0.15) is 0 Å². The number of carbonyl (C=O) groups is 1. The van der Waals surface area contributed by atoms with Crippen molar-refractivity contribution in [3.8, 4) is 12.3 Å². The second kappa shape index (κ2) is 9.98. The summed E-state index contributed by atoms with van der Waals surface area (Å²) in [5.41, 5.74) is 1.93. The fourth-order valence-electron chi connectivity index (χ4n) is 4.21. The van der Waals surface area contributed by atoms with Crippen molar-refractivity contribution in [1.29, 1.82) is 0 Å². The van der Waals surface area contributed by atoms with Crippen molar-refractivity contribution >= 4 is 41.5 Å². The van der Waals surface area contributed by atoms with Crippen molar-refractivity contribution in [2.45, 2.75) is 38.5 Å². The number of aliphatic imine (C=N–C) groups is 1. The maximum absolute atomic E-state index is 12.2. The molecule has 2 N–H and O–H groups in total. The standard InChI is InChI=1S/C21H28N4O.HI/c1-3-17-8-7-9-18(14-17)24-19(26)15-23-20(22-2)25-13-12-21(16-25)10-5-4-6-11-21;/h1,7-9,14H,4-6,10-13,15-16H2,2H3,(H,22,23)(H,24,26);1H. The van der Waals surface area contributed by atoms with Crippen LogP contribution >= 0.6 is 24.0 Å². The predicted molar refractivity (Wildman–Crippen MR) is 121 cm³/mol. The highest BCUT2D eigenvalue weighted by Gasteiger charge is 2.39. The third kappa shape index (κ3) is 5.61. The molecule has 0 unspecified atom stereocenters. The van der Waals surface area contributed by atoms with E-state index in [1.807, 2.05) is 18.2 Å². The van der Waals surface area contributed by atoms with E-state index in [4.69, 9.17) is 6.42 Å². The largest absolute Gasteiger partial charge is 0.347 e. The Bertz CT molecular complexity index is 719. The molecule has 5 nitrogen and oxygen atoms in total. The molecule has 146 valence electrons. The van der Waals surface area contributed by atoms with Crippen LogP contribution in [-0.2, 0) is 4.79 Å². The zero-order valence-corrected chi connectivity index (χ0v) is 18.3. The average molecular weight is 480 g/mol. The Kier molecular flexibility index (Phi) is 7.96. The normalized spacial score (nSPS) is 18.5. The number of terminal acetylenes is 1. The van der Waals surface area contributed by atoms with E-state index in [0.717, 1.165) is 24.6 Å². The molecular weight excluding hydrogens is 451 g/mol. The third-order valence-corrected chi connectivity index (χ3v) is 5.58. The van der Waals surface area contributed by atoms with Gasteiger partial charge in [-0.3, -0.25) is 9.79 Å². The topological polar surface area (TPSA) is 56.7 Å². The van der Waals surface area contributed by atoms with Gasteiger partial charge < -0.3 is 15.5 Å². The Hall–Kier alpha value is -1.75. The first kappa shape index (κ1) is 21.5. The van der Waals surface area contributed by atoms with Crippen molar-refractivity contribution in [2.75, 3.05) is 32.0 Å². The van der Waals surface area contributed by atoms with E-state index in [-0.39, 0.29) is 36.4 Å². The highest BCUT2D eigenvalue weighted by molar-refractivity contribution is 14.0. The van der Waals surface area contributed by atoms with Crippen LogP contribution < -0.4 is 10.6 Å². The van der Waals surface area contributed by atoms with Gasteiger partial charge in [0.25, 0.3) is 0 Å². The first-order valence-corrected chi connectivity index (χ1v) is 9.46. The minimum atomic E-state index is -0.105. The summed E-state index contributed by atoms with van der Waals surface area (Å²) in [4.78, 5) is 18.9. The Morgan fingerprint density at radius 3 is 2.78 bits per heavy atom. The van der Waals surface area contributed by atoms with Crippen LogP contribution in [0.5, 0.6) is 0 Å². The molecule has 6 heteroatoms. The summed E-state index contributed by atoms with van der Waals surface area (Å²) in [7, 11) is 1.78. The number of rotatable bonds is 3. The second-order valence-corrected chi connectivity index (χ2v) is 7.41. The van der Waals surface area contributed by atoms with Gasteiger partial charge in [0.1, 0.15) is 0 Å². The number of amides is 1. The third-order valence-electron chi connectivity index (χ3n) is 5.58. The number of carbonyl (C=O) groups excluding carboxylic acids is 1. The van der Waals surface area contributed by atoms with Crippen LogP contribution in [0.3, 0.4) is 0 Å². The molecule has 2 aliphatic rings. The van der Waals surface area contributed by atoms with E-state index in [9.17, 15) is 4.79 Å². The molecule has 1 aliphatic carbocycles. The number of anilines is 1. The molecule has 0 aromatic heterocycles. The number of likely N-dealkylation sites (tertiary alicyclic amines) is 1. The van der Waals surface area contributed by atoms with Gasteiger partial charge in [0.05, 0.1) is 6.54 Å². The van der Waals surface area contributed by atoms with Crippen molar-refractivity contribution in [3.63, 3.8) is 0 Å². The summed E-state index contributed by atoms with van der Waals surface area (Å²) in [6.45, 7) is 2.26. The van der Waals surface area contributed by atoms with Crippen LogP contribution in [0.15, 0.2) is 29.3 Å². The van der Waals surface area contributed by atoms with Crippen LogP contribution in [0.1, 0.15) is 44.1 Å². The molecule has 3 rings (SSSR count). The fraction of sp³-hybridized carbons (Fsp3) is 0.524. The molecule has 1 saturated heterocycles. The summed E-state index contributed by atoms with van der Waals surface area (Å²) < 4.78 is 0. The number of hydrogen-bond acceptors (Lipinski definition) is 2. The molecule has 1 heterocycles. The zero-order chi connectivity index (χ0) is 18.4. The van der Waals surface area contributed by atoms with Crippen molar-refractivity contribution in [2.24, 2.45) is 10.4 Å². The maximum atomic E-state index is 12.2. The van der Waals surface area contributed by atoms with E-state index in [1.165, 1.54) is 38.5 Å². The molecule has 0 radical (unpaired) electrons. The summed E-state index contributed by atoms with van der Waals surface area (Å²) in [6, 6.07) is 7.30. The lowest BCUT2D eigenvalue weighted by atomic mass is 9.73. The average Bonchev–Trinajstić information content (AvgIpc) is 3.06. The summed E-state index contributed by atoms with van der Waals surface area (Å²) in [6.07, 6.45) is 13.3. The highest BCUT2D eigenvalue weighted by atomic mass is 127. The Labute approximate surface area is 179 Å². The van der Waals surface area contributed by atoms with Gasteiger partial charge in [-0.05, 0) is 42.9 Å². The molecule has 1 spiro atoms. The van der Waals surface area contributed by atoms with E-state index in [0.29, 0.717) is 11.1 Å². The quantitative estimate of drug-likeness (QED) is 0.302. The number of hydrogen-bond donors (Lipinski definition) is 2. The second-order valence-electron chi connectivity index (χ2n) is 7.41. The lowest BCUT2D eigenvalue weighted by Gasteiger charge is -2.33. The summed E-state index contributed by atoms with van der Waals surface area (Å²) in [5, 5.41) is 6.08. The molecule has 1 amide bonds. The first-order valence-electron chi connectivity index (χ1n) is 9.46. The molecular formula is C21H29IN4O. The van der Waals surface area contributed by atoms with Gasteiger partial charge in [-0.15, -0.1) is 30.4 Å². The maximum Gasteiger partial charge on any atom is 0.243 e.